The molecule has 1 aliphatic rings. The van der Waals surface area contributed by atoms with E-state index in [1.807, 2.05) is 11.8 Å². The molecule has 2 unspecified atom stereocenters. The summed E-state index contributed by atoms with van der Waals surface area (Å²) in [6.07, 6.45) is 5.14. The van der Waals surface area contributed by atoms with E-state index in [4.69, 9.17) is 5.11 Å². The average molecular weight is 362 g/mol. The predicted molar refractivity (Wildman–Crippen MR) is 86.5 cm³/mol. The van der Waals surface area contributed by atoms with Crippen LogP contribution in [0, 0.1) is 0 Å². The van der Waals surface area contributed by atoms with Crippen LogP contribution in [0.15, 0.2) is 15.5 Å². The van der Waals surface area contributed by atoms with Crippen LogP contribution >= 0.6 is 27.7 Å². The van der Waals surface area contributed by atoms with Gasteiger partial charge in [-0.1, -0.05) is 6.92 Å². The molecule has 0 radical (unpaired) electrons. The summed E-state index contributed by atoms with van der Waals surface area (Å²) in [4.78, 5) is 12.0. The third-order valence-corrected chi connectivity index (χ3v) is 5.44. The second-order valence-corrected chi connectivity index (χ2v) is 7.23. The maximum atomic E-state index is 12.0. The van der Waals surface area contributed by atoms with Crippen LogP contribution in [-0.2, 0) is 6.54 Å². The highest BCUT2D eigenvalue weighted by Crippen LogP contribution is 2.32. The number of aliphatic hydroxyl groups is 1. The molecule has 0 aromatic carbocycles. The minimum atomic E-state index is -0.207. The zero-order chi connectivity index (χ0) is 14.5. The Kier molecular flexibility index (Phi) is 5.92. The summed E-state index contributed by atoms with van der Waals surface area (Å²) in [7, 11) is 0. The fraction of sp³-hybridized carbons (Fsp3) is 0.692. The molecule has 0 bridgehead atoms. The zero-order valence-corrected chi connectivity index (χ0v) is 13.9. The summed E-state index contributed by atoms with van der Waals surface area (Å²) in [6.45, 7) is 2.31. The van der Waals surface area contributed by atoms with Gasteiger partial charge in [-0.3, -0.25) is 4.79 Å². The van der Waals surface area contributed by atoms with Crippen molar-refractivity contribution in [3.05, 3.63) is 21.0 Å². The Morgan fingerprint density at radius 3 is 3.10 bits per heavy atom. The normalized spacial score (nSPS) is 22.1. The molecule has 112 valence electrons. The highest BCUT2D eigenvalue weighted by molar-refractivity contribution is 9.10. The Hall–Kier alpha value is -0.530. The van der Waals surface area contributed by atoms with Gasteiger partial charge in [0.25, 0.3) is 5.56 Å². The van der Waals surface area contributed by atoms with Gasteiger partial charge < -0.3 is 10.4 Å². The molecule has 2 atom stereocenters. The number of halogens is 1. The van der Waals surface area contributed by atoms with Crippen molar-refractivity contribution in [3.8, 4) is 0 Å². The van der Waals surface area contributed by atoms with Gasteiger partial charge in [-0.25, -0.2) is 4.68 Å². The number of hydrogen-bond acceptors (Lipinski definition) is 5. The molecule has 1 heterocycles. The fourth-order valence-electron chi connectivity index (χ4n) is 2.50. The second-order valence-electron chi connectivity index (χ2n) is 4.86. The van der Waals surface area contributed by atoms with Crippen LogP contribution in [0.2, 0.25) is 0 Å². The summed E-state index contributed by atoms with van der Waals surface area (Å²) in [5.74, 6) is 1.15. The van der Waals surface area contributed by atoms with Crippen LogP contribution in [0.4, 0.5) is 5.69 Å². The predicted octanol–water partition coefficient (Wildman–Crippen LogP) is 2.08. The Balaban J connectivity index is 2.04. The second kappa shape index (κ2) is 7.47. The Bertz CT molecular complexity index is 509. The van der Waals surface area contributed by atoms with Gasteiger partial charge in [0.05, 0.1) is 25.0 Å². The molecule has 1 saturated carbocycles. The maximum Gasteiger partial charge on any atom is 0.283 e. The summed E-state index contributed by atoms with van der Waals surface area (Å²) >= 11 is 5.34. The largest absolute Gasteiger partial charge is 0.394 e. The van der Waals surface area contributed by atoms with Gasteiger partial charge in [-0.05, 0) is 40.9 Å². The lowest BCUT2D eigenvalue weighted by atomic mass is 10.2. The van der Waals surface area contributed by atoms with Crippen molar-refractivity contribution in [1.29, 1.82) is 0 Å². The van der Waals surface area contributed by atoms with E-state index in [1.54, 1.807) is 6.20 Å². The number of anilines is 1. The average Bonchev–Trinajstić information content (AvgIpc) is 2.86. The summed E-state index contributed by atoms with van der Waals surface area (Å²) in [6, 6.07) is 0.408. The smallest absolute Gasteiger partial charge is 0.283 e. The molecule has 1 aromatic rings. The molecule has 0 spiro atoms. The van der Waals surface area contributed by atoms with E-state index in [2.05, 4.69) is 33.3 Å². The molecule has 2 N–H and O–H groups in total. The van der Waals surface area contributed by atoms with Gasteiger partial charge in [-0.15, -0.1) is 0 Å². The van der Waals surface area contributed by atoms with Gasteiger partial charge >= 0.3 is 0 Å². The number of hydrogen-bond donors (Lipinski definition) is 2. The van der Waals surface area contributed by atoms with Crippen molar-refractivity contribution in [3.63, 3.8) is 0 Å². The molecule has 0 aliphatic heterocycles. The molecule has 0 amide bonds. The van der Waals surface area contributed by atoms with Crippen LogP contribution in [-0.4, -0.2) is 38.5 Å². The molecule has 2 rings (SSSR count). The van der Waals surface area contributed by atoms with E-state index in [1.165, 1.54) is 11.1 Å². The first-order valence-corrected chi connectivity index (χ1v) is 8.74. The molecule has 20 heavy (non-hydrogen) atoms. The van der Waals surface area contributed by atoms with Crippen molar-refractivity contribution in [1.82, 2.24) is 9.78 Å². The Labute approximate surface area is 131 Å². The monoisotopic (exact) mass is 361 g/mol. The summed E-state index contributed by atoms with van der Waals surface area (Å²) < 4.78 is 1.76. The molecular weight excluding hydrogens is 342 g/mol. The highest BCUT2D eigenvalue weighted by atomic mass is 79.9. The minimum Gasteiger partial charge on any atom is -0.394 e. The zero-order valence-electron chi connectivity index (χ0n) is 11.5. The quantitative estimate of drug-likeness (QED) is 0.811. The third kappa shape index (κ3) is 3.77. The fourth-order valence-corrected chi connectivity index (χ4v) is 4.06. The lowest BCUT2D eigenvalue weighted by Crippen LogP contribution is -2.27. The number of nitrogens with zero attached hydrogens (tertiary/aromatic N) is 2. The van der Waals surface area contributed by atoms with E-state index in [0.717, 1.165) is 29.5 Å². The van der Waals surface area contributed by atoms with E-state index in [-0.39, 0.29) is 18.7 Å². The van der Waals surface area contributed by atoms with Gasteiger partial charge in [0.2, 0.25) is 0 Å². The van der Waals surface area contributed by atoms with Crippen molar-refractivity contribution < 1.29 is 5.11 Å². The number of aliphatic hydroxyl groups excluding tert-OH is 1. The maximum absolute atomic E-state index is 12.0. The van der Waals surface area contributed by atoms with Crippen LogP contribution in [0.5, 0.6) is 0 Å². The Morgan fingerprint density at radius 2 is 2.40 bits per heavy atom. The lowest BCUT2D eigenvalue weighted by Gasteiger charge is -2.16. The van der Waals surface area contributed by atoms with Gasteiger partial charge in [0, 0.05) is 11.3 Å². The van der Waals surface area contributed by atoms with Crippen molar-refractivity contribution in [2.45, 2.75) is 44.0 Å². The van der Waals surface area contributed by atoms with Crippen LogP contribution in [0.3, 0.4) is 0 Å². The summed E-state index contributed by atoms with van der Waals surface area (Å²) in [5.41, 5.74) is 0.540. The summed E-state index contributed by atoms with van der Waals surface area (Å²) in [5, 5.41) is 17.1. The molecule has 5 nitrogen and oxygen atoms in total. The molecule has 1 aromatic heterocycles. The Morgan fingerprint density at radius 1 is 1.60 bits per heavy atom. The minimum absolute atomic E-state index is 0.0926. The van der Waals surface area contributed by atoms with Crippen LogP contribution in [0.25, 0.3) is 0 Å². The van der Waals surface area contributed by atoms with Crippen molar-refractivity contribution >= 4 is 33.4 Å². The standard InChI is InChI=1S/C13H20BrN3O2S/c1-2-20-10-4-3-9(7-10)16-11-8-15-17(5-6-18)13(19)12(11)14/h8-10,16,18H,2-7H2,1H3. The topological polar surface area (TPSA) is 67.2 Å². The number of rotatable bonds is 6. The number of nitrogens with one attached hydrogen (secondary N) is 1. The van der Waals surface area contributed by atoms with Gasteiger partial charge in [0.1, 0.15) is 4.47 Å². The van der Waals surface area contributed by atoms with Crippen LogP contribution in [0.1, 0.15) is 26.2 Å². The first-order valence-electron chi connectivity index (χ1n) is 6.90. The van der Waals surface area contributed by atoms with E-state index >= 15 is 0 Å². The molecule has 1 fully saturated rings. The molecule has 1 aliphatic carbocycles. The lowest BCUT2D eigenvalue weighted by molar-refractivity contribution is 0.266. The number of aromatic nitrogens is 2. The van der Waals surface area contributed by atoms with E-state index in [0.29, 0.717) is 10.5 Å². The first kappa shape index (κ1) is 15.9. The molecule has 0 saturated heterocycles. The molecule has 7 heteroatoms. The van der Waals surface area contributed by atoms with Gasteiger partial charge in [-0.2, -0.15) is 16.9 Å². The highest BCUT2D eigenvalue weighted by Gasteiger charge is 2.25. The molecular formula is C13H20BrN3O2S. The number of thioether (sulfide) groups is 1. The van der Waals surface area contributed by atoms with Crippen molar-refractivity contribution in [2.75, 3.05) is 17.7 Å². The first-order chi connectivity index (χ1) is 9.65. The van der Waals surface area contributed by atoms with Crippen molar-refractivity contribution in [2.24, 2.45) is 0 Å². The van der Waals surface area contributed by atoms with E-state index < -0.39 is 0 Å². The van der Waals surface area contributed by atoms with Crippen LogP contribution < -0.4 is 10.9 Å². The SMILES string of the molecule is CCSC1CCC(Nc2cnn(CCO)c(=O)c2Br)C1. The van der Waals surface area contributed by atoms with E-state index in [9.17, 15) is 4.79 Å². The van der Waals surface area contributed by atoms with Gasteiger partial charge in [0.15, 0.2) is 0 Å². The third-order valence-electron chi connectivity index (χ3n) is 3.44.